The standard InChI is InChI=1S/C21H21N3O4/c1-14-11-15(2)24(23-14)19-9-7-16(8-10-19)13-28-20(25)17-5-4-6-18(12-17)22-21(26)27-3/h4-12H,13H2,1-3H3,(H,22,26). The molecule has 0 unspecified atom stereocenters. The van der Waals surface area contributed by atoms with Gasteiger partial charge in [-0.2, -0.15) is 5.10 Å². The molecule has 0 aliphatic carbocycles. The van der Waals surface area contributed by atoms with Gasteiger partial charge < -0.3 is 9.47 Å². The van der Waals surface area contributed by atoms with Gasteiger partial charge in [-0.3, -0.25) is 5.32 Å². The zero-order valence-electron chi connectivity index (χ0n) is 15.9. The minimum atomic E-state index is -0.604. The number of methoxy groups -OCH3 is 1. The van der Waals surface area contributed by atoms with Crippen molar-refractivity contribution in [1.29, 1.82) is 0 Å². The van der Waals surface area contributed by atoms with Gasteiger partial charge in [0.05, 0.1) is 24.1 Å². The average Bonchev–Trinajstić information content (AvgIpc) is 3.04. The first-order valence-corrected chi connectivity index (χ1v) is 8.71. The Morgan fingerprint density at radius 1 is 1.07 bits per heavy atom. The lowest BCUT2D eigenvalue weighted by Crippen LogP contribution is -2.12. The van der Waals surface area contributed by atoms with Gasteiger partial charge in [-0.05, 0) is 55.8 Å². The van der Waals surface area contributed by atoms with Crippen LogP contribution in [-0.4, -0.2) is 29.0 Å². The first-order chi connectivity index (χ1) is 13.5. The fourth-order valence-corrected chi connectivity index (χ4v) is 2.75. The molecule has 1 aromatic heterocycles. The van der Waals surface area contributed by atoms with Crippen LogP contribution in [0.15, 0.2) is 54.6 Å². The van der Waals surface area contributed by atoms with E-state index >= 15 is 0 Å². The number of carbonyl (C=O) groups is 2. The Labute approximate surface area is 162 Å². The fourth-order valence-electron chi connectivity index (χ4n) is 2.75. The van der Waals surface area contributed by atoms with Crippen molar-refractivity contribution in [2.75, 3.05) is 12.4 Å². The Balaban J connectivity index is 1.62. The van der Waals surface area contributed by atoms with Crippen LogP contribution in [0.5, 0.6) is 0 Å². The summed E-state index contributed by atoms with van der Waals surface area (Å²) in [6.07, 6.45) is -0.604. The number of aryl methyl sites for hydroxylation is 2. The fraction of sp³-hybridized carbons (Fsp3) is 0.190. The highest BCUT2D eigenvalue weighted by Crippen LogP contribution is 2.15. The second-order valence-electron chi connectivity index (χ2n) is 6.28. The van der Waals surface area contributed by atoms with Gasteiger partial charge in [0.15, 0.2) is 0 Å². The van der Waals surface area contributed by atoms with Crippen molar-refractivity contribution >= 4 is 17.7 Å². The highest BCUT2D eigenvalue weighted by atomic mass is 16.5. The normalized spacial score (nSPS) is 10.4. The zero-order valence-corrected chi connectivity index (χ0v) is 15.9. The summed E-state index contributed by atoms with van der Waals surface area (Å²) in [4.78, 5) is 23.6. The number of carbonyl (C=O) groups excluding carboxylic acids is 2. The zero-order chi connectivity index (χ0) is 20.1. The molecular weight excluding hydrogens is 358 g/mol. The molecule has 0 spiro atoms. The lowest BCUT2D eigenvalue weighted by Gasteiger charge is -2.09. The topological polar surface area (TPSA) is 82.5 Å². The largest absolute Gasteiger partial charge is 0.457 e. The molecule has 1 N–H and O–H groups in total. The van der Waals surface area contributed by atoms with E-state index in [2.05, 4.69) is 15.2 Å². The van der Waals surface area contributed by atoms with Crippen LogP contribution in [0.4, 0.5) is 10.5 Å². The third-order valence-corrected chi connectivity index (χ3v) is 4.09. The SMILES string of the molecule is COC(=O)Nc1cccc(C(=O)OCc2ccc(-n3nc(C)cc3C)cc2)c1. The number of anilines is 1. The molecule has 7 nitrogen and oxygen atoms in total. The lowest BCUT2D eigenvalue weighted by atomic mass is 10.2. The van der Waals surface area contributed by atoms with Gasteiger partial charge in [0, 0.05) is 11.4 Å². The van der Waals surface area contributed by atoms with E-state index in [9.17, 15) is 9.59 Å². The van der Waals surface area contributed by atoms with Crippen LogP contribution in [0.3, 0.4) is 0 Å². The predicted molar refractivity (Wildman–Crippen MR) is 105 cm³/mol. The van der Waals surface area contributed by atoms with E-state index in [1.54, 1.807) is 18.2 Å². The number of nitrogens with one attached hydrogen (secondary N) is 1. The minimum absolute atomic E-state index is 0.144. The number of benzene rings is 2. The third-order valence-electron chi connectivity index (χ3n) is 4.09. The predicted octanol–water partition coefficient (Wildman–Crippen LogP) is 4.02. The van der Waals surface area contributed by atoms with E-state index in [1.165, 1.54) is 13.2 Å². The Bertz CT molecular complexity index is 993. The highest BCUT2D eigenvalue weighted by Gasteiger charge is 2.10. The summed E-state index contributed by atoms with van der Waals surface area (Å²) in [7, 11) is 1.27. The summed E-state index contributed by atoms with van der Waals surface area (Å²) in [6.45, 7) is 4.09. The Morgan fingerprint density at radius 2 is 1.82 bits per heavy atom. The van der Waals surface area contributed by atoms with E-state index in [4.69, 9.17) is 4.74 Å². The number of hydrogen-bond donors (Lipinski definition) is 1. The van der Waals surface area contributed by atoms with Gasteiger partial charge in [-0.15, -0.1) is 0 Å². The molecule has 7 heteroatoms. The van der Waals surface area contributed by atoms with E-state index in [0.29, 0.717) is 11.3 Å². The van der Waals surface area contributed by atoms with Gasteiger partial charge in [-0.1, -0.05) is 18.2 Å². The smallest absolute Gasteiger partial charge is 0.411 e. The Morgan fingerprint density at radius 3 is 2.46 bits per heavy atom. The van der Waals surface area contributed by atoms with Crippen molar-refractivity contribution in [1.82, 2.24) is 9.78 Å². The van der Waals surface area contributed by atoms with Crippen LogP contribution in [-0.2, 0) is 16.1 Å². The first-order valence-electron chi connectivity index (χ1n) is 8.71. The van der Waals surface area contributed by atoms with E-state index in [0.717, 1.165) is 22.6 Å². The van der Waals surface area contributed by atoms with Crippen LogP contribution < -0.4 is 5.32 Å². The van der Waals surface area contributed by atoms with Crippen LogP contribution in [0, 0.1) is 13.8 Å². The molecule has 0 atom stereocenters. The molecule has 3 rings (SSSR count). The maximum atomic E-state index is 12.3. The maximum absolute atomic E-state index is 12.3. The molecule has 0 aliphatic heterocycles. The first kappa shape index (κ1) is 19.2. The molecule has 28 heavy (non-hydrogen) atoms. The monoisotopic (exact) mass is 379 g/mol. The number of rotatable bonds is 5. The van der Waals surface area contributed by atoms with Crippen molar-refractivity contribution in [2.45, 2.75) is 20.5 Å². The molecule has 2 aromatic carbocycles. The second kappa shape index (κ2) is 8.39. The molecule has 3 aromatic rings. The van der Waals surface area contributed by atoms with Gasteiger partial charge in [0.1, 0.15) is 6.61 Å². The second-order valence-corrected chi connectivity index (χ2v) is 6.28. The lowest BCUT2D eigenvalue weighted by molar-refractivity contribution is 0.0472. The summed E-state index contributed by atoms with van der Waals surface area (Å²) < 4.78 is 11.8. The summed E-state index contributed by atoms with van der Waals surface area (Å²) in [6, 6.07) is 16.1. The summed E-state index contributed by atoms with van der Waals surface area (Å²) in [5.74, 6) is -0.476. The van der Waals surface area contributed by atoms with Gasteiger partial charge in [0.2, 0.25) is 0 Å². The quantitative estimate of drug-likeness (QED) is 0.677. The van der Waals surface area contributed by atoms with Crippen LogP contribution in [0.2, 0.25) is 0 Å². The summed E-state index contributed by atoms with van der Waals surface area (Å²) in [5.41, 5.74) is 4.62. The van der Waals surface area contributed by atoms with Gasteiger partial charge in [0.25, 0.3) is 0 Å². The molecule has 0 aliphatic rings. The summed E-state index contributed by atoms with van der Waals surface area (Å²) >= 11 is 0. The molecular formula is C21H21N3O4. The number of esters is 1. The van der Waals surface area contributed by atoms with Crippen molar-refractivity contribution in [3.05, 3.63) is 77.1 Å². The third kappa shape index (κ3) is 4.56. The van der Waals surface area contributed by atoms with Crippen molar-refractivity contribution < 1.29 is 19.1 Å². The van der Waals surface area contributed by atoms with Crippen LogP contribution >= 0.6 is 0 Å². The minimum Gasteiger partial charge on any atom is -0.457 e. The van der Waals surface area contributed by atoms with E-state index in [1.807, 2.05) is 48.9 Å². The Hall–Kier alpha value is -3.61. The van der Waals surface area contributed by atoms with Crippen molar-refractivity contribution in [3.8, 4) is 5.69 Å². The summed E-state index contributed by atoms with van der Waals surface area (Å²) in [5, 5.41) is 6.96. The number of aromatic nitrogens is 2. The van der Waals surface area contributed by atoms with Gasteiger partial charge >= 0.3 is 12.1 Å². The Kier molecular flexibility index (Phi) is 5.74. The van der Waals surface area contributed by atoms with E-state index in [-0.39, 0.29) is 6.61 Å². The highest BCUT2D eigenvalue weighted by molar-refractivity contribution is 5.92. The van der Waals surface area contributed by atoms with Gasteiger partial charge in [-0.25, -0.2) is 14.3 Å². The molecule has 1 heterocycles. The molecule has 0 bridgehead atoms. The average molecular weight is 379 g/mol. The van der Waals surface area contributed by atoms with Crippen LogP contribution in [0.1, 0.15) is 27.3 Å². The molecule has 1 amide bonds. The molecule has 0 radical (unpaired) electrons. The van der Waals surface area contributed by atoms with Crippen molar-refractivity contribution in [3.63, 3.8) is 0 Å². The molecule has 0 saturated carbocycles. The van der Waals surface area contributed by atoms with E-state index < -0.39 is 12.1 Å². The number of amides is 1. The molecule has 0 saturated heterocycles. The van der Waals surface area contributed by atoms with Crippen LogP contribution in [0.25, 0.3) is 5.69 Å². The van der Waals surface area contributed by atoms with Crippen molar-refractivity contribution in [2.24, 2.45) is 0 Å². The number of hydrogen-bond acceptors (Lipinski definition) is 5. The molecule has 0 fully saturated rings. The number of ether oxygens (including phenoxy) is 2. The maximum Gasteiger partial charge on any atom is 0.411 e. The molecule has 144 valence electrons. The number of nitrogens with zero attached hydrogens (tertiary/aromatic N) is 2.